The molecule has 0 aliphatic rings. The molecule has 0 aliphatic carbocycles. The minimum atomic E-state index is 0.543. The van der Waals surface area contributed by atoms with Crippen molar-refractivity contribution in [1.29, 1.82) is 5.26 Å². The van der Waals surface area contributed by atoms with Crippen LogP contribution in [0, 0.1) is 11.3 Å². The Morgan fingerprint density at radius 3 is 1.33 bits per heavy atom. The minimum absolute atomic E-state index is 0.543. The van der Waals surface area contributed by atoms with E-state index in [2.05, 4.69) is 149 Å². The highest BCUT2D eigenvalue weighted by Gasteiger charge is 2.26. The van der Waals surface area contributed by atoms with Gasteiger partial charge in [-0.3, -0.25) is 0 Å². The van der Waals surface area contributed by atoms with Crippen LogP contribution in [0.2, 0.25) is 0 Å². The van der Waals surface area contributed by atoms with Crippen molar-refractivity contribution in [2.24, 2.45) is 0 Å². The van der Waals surface area contributed by atoms with Gasteiger partial charge in [-0.05, 0) is 96.1 Å². The summed E-state index contributed by atoms with van der Waals surface area (Å²) in [4.78, 5) is 15.6. The van der Waals surface area contributed by atoms with Crippen molar-refractivity contribution in [2.45, 2.75) is 0 Å². The second-order valence-electron chi connectivity index (χ2n) is 19.8. The highest BCUT2D eigenvalue weighted by atomic mass is 16.3. The Kier molecular flexibility index (Phi) is 9.53. The molecule has 0 atom stereocenters. The number of rotatable bonds is 7. The molecule has 8 nitrogen and oxygen atoms in total. The van der Waals surface area contributed by atoms with Crippen LogP contribution >= 0.6 is 0 Å². The Balaban J connectivity index is 1.03. The lowest BCUT2D eigenvalue weighted by atomic mass is 9.94. The third-order valence-electron chi connectivity index (χ3n) is 15.4. The Morgan fingerprint density at radius 2 is 0.782 bits per heavy atom. The largest absolute Gasteiger partial charge is 0.455 e. The van der Waals surface area contributed by atoms with Crippen LogP contribution in [0.1, 0.15) is 5.56 Å². The van der Waals surface area contributed by atoms with Gasteiger partial charge in [-0.2, -0.15) is 5.26 Å². The fraction of sp³-hybridized carbons (Fsp3) is 0. The summed E-state index contributed by atoms with van der Waals surface area (Å²) >= 11 is 0. The summed E-state index contributed by atoms with van der Waals surface area (Å²) in [7, 11) is 0. The first-order chi connectivity index (χ1) is 38.6. The van der Waals surface area contributed by atoms with Crippen LogP contribution in [0.4, 0.5) is 0 Å². The van der Waals surface area contributed by atoms with Crippen molar-refractivity contribution in [1.82, 2.24) is 24.1 Å². The van der Waals surface area contributed by atoms with E-state index in [1.165, 1.54) is 0 Å². The lowest BCUT2D eigenvalue weighted by molar-refractivity contribution is 0.672. The second-order valence-corrected chi connectivity index (χ2v) is 19.8. The Hall–Kier alpha value is -10.9. The third kappa shape index (κ3) is 6.62. The van der Waals surface area contributed by atoms with Crippen LogP contribution in [0.15, 0.2) is 251 Å². The molecule has 0 aliphatic heterocycles. The highest BCUT2D eigenvalue weighted by molar-refractivity contribution is 6.25. The summed E-state index contributed by atoms with van der Waals surface area (Å²) in [5.74, 6) is 1.70. The average molecular weight is 997 g/mol. The van der Waals surface area contributed by atoms with Gasteiger partial charge in [0.15, 0.2) is 17.5 Å². The molecule has 0 unspecified atom stereocenters. The second kappa shape index (κ2) is 17.1. The standard InChI is InChI=1S/C70H40N6O2/c71-41-42-27-29-43(30-28-42)46-31-33-48(61(40-46)76-57-24-12-8-22-54(57)65-60(76)38-35-52-50-20-10-14-26-63(50)78-67(52)65)55-39-47(70-73-68(44-15-3-1-4-16-44)72-69(74-70)45-17-5-2-6-18-45)32-36-58(55)75-56-23-11-7-21-53(56)64-59(75)37-34-51-49-19-9-13-25-62(49)77-66(51)64/h1-40H. The predicted octanol–water partition coefficient (Wildman–Crippen LogP) is 18.1. The van der Waals surface area contributed by atoms with E-state index in [0.717, 1.165) is 138 Å². The molecule has 0 bridgehead atoms. The molecule has 5 heterocycles. The summed E-state index contributed by atoms with van der Waals surface area (Å²) in [5, 5.41) is 18.4. The van der Waals surface area contributed by atoms with E-state index in [-0.39, 0.29) is 0 Å². The first kappa shape index (κ1) is 43.5. The smallest absolute Gasteiger partial charge is 0.164 e. The molecule has 16 rings (SSSR count). The molecule has 0 saturated carbocycles. The topological polar surface area (TPSA) is 98.6 Å². The van der Waals surface area contributed by atoms with Gasteiger partial charge in [0.2, 0.25) is 0 Å². The summed E-state index contributed by atoms with van der Waals surface area (Å²) in [6, 6.07) is 86.3. The Morgan fingerprint density at radius 1 is 0.321 bits per heavy atom. The molecule has 0 radical (unpaired) electrons. The molecule has 78 heavy (non-hydrogen) atoms. The van der Waals surface area contributed by atoms with Gasteiger partial charge >= 0.3 is 0 Å². The van der Waals surface area contributed by atoms with E-state index in [1.54, 1.807) is 0 Å². The monoisotopic (exact) mass is 996 g/mol. The number of furan rings is 2. The van der Waals surface area contributed by atoms with Crippen LogP contribution in [0.5, 0.6) is 0 Å². The lowest BCUT2D eigenvalue weighted by Gasteiger charge is -2.21. The summed E-state index contributed by atoms with van der Waals surface area (Å²) in [5.41, 5.74) is 16.5. The Bertz CT molecular complexity index is 5100. The van der Waals surface area contributed by atoms with Crippen LogP contribution in [0.3, 0.4) is 0 Å². The molecule has 16 aromatic rings. The average Bonchev–Trinajstić information content (AvgIpc) is 4.35. The number of nitriles is 1. The minimum Gasteiger partial charge on any atom is -0.455 e. The number of hydrogen-bond donors (Lipinski definition) is 0. The molecule has 8 heteroatoms. The van der Waals surface area contributed by atoms with E-state index >= 15 is 0 Å². The van der Waals surface area contributed by atoms with Gasteiger partial charge < -0.3 is 18.0 Å². The van der Waals surface area contributed by atoms with E-state index in [9.17, 15) is 5.26 Å². The van der Waals surface area contributed by atoms with E-state index < -0.39 is 0 Å². The van der Waals surface area contributed by atoms with Crippen molar-refractivity contribution in [3.63, 3.8) is 0 Å². The maximum Gasteiger partial charge on any atom is 0.164 e. The summed E-state index contributed by atoms with van der Waals surface area (Å²) in [6.45, 7) is 0. The molecule has 11 aromatic carbocycles. The van der Waals surface area contributed by atoms with Crippen molar-refractivity contribution < 1.29 is 8.83 Å². The quantitative estimate of drug-likeness (QED) is 0.158. The molecule has 0 fully saturated rings. The van der Waals surface area contributed by atoms with E-state index in [0.29, 0.717) is 23.0 Å². The van der Waals surface area contributed by atoms with Gasteiger partial charge in [0, 0.05) is 60.1 Å². The predicted molar refractivity (Wildman–Crippen MR) is 315 cm³/mol. The molecule has 0 amide bonds. The van der Waals surface area contributed by atoms with Crippen LogP contribution < -0.4 is 0 Å². The molecule has 362 valence electrons. The Labute approximate surface area is 445 Å². The number of benzene rings is 11. The van der Waals surface area contributed by atoms with Gasteiger partial charge in [0.1, 0.15) is 22.3 Å². The zero-order valence-corrected chi connectivity index (χ0v) is 41.6. The van der Waals surface area contributed by atoms with Crippen molar-refractivity contribution in [2.75, 3.05) is 0 Å². The number of aromatic nitrogens is 5. The normalized spacial score (nSPS) is 11.8. The number of fused-ring (bicyclic) bond motifs is 14. The molecule has 0 spiro atoms. The first-order valence-corrected chi connectivity index (χ1v) is 26.0. The van der Waals surface area contributed by atoms with Crippen LogP contribution in [0.25, 0.3) is 155 Å². The third-order valence-corrected chi connectivity index (χ3v) is 15.4. The zero-order valence-electron chi connectivity index (χ0n) is 41.6. The van der Waals surface area contributed by atoms with E-state index in [4.69, 9.17) is 23.8 Å². The van der Waals surface area contributed by atoms with E-state index in [1.807, 2.05) is 109 Å². The van der Waals surface area contributed by atoms with Gasteiger partial charge in [-0.15, -0.1) is 0 Å². The van der Waals surface area contributed by atoms with Crippen molar-refractivity contribution in [3.05, 3.63) is 248 Å². The maximum atomic E-state index is 9.85. The molecule has 0 N–H and O–H groups in total. The SMILES string of the molecule is N#Cc1ccc(-c2ccc(-c3cc(-c4nc(-c5ccccc5)nc(-c5ccccc5)n4)ccc3-n3c4ccccc4c4c5oc6ccccc6c5ccc43)c(-n3c4ccccc4c4c5oc6ccccc6c5ccc43)c2)cc1. The number of nitrogens with zero attached hydrogens (tertiary/aromatic N) is 6. The van der Waals surface area contributed by atoms with Crippen molar-refractivity contribution >= 4 is 87.5 Å². The fourth-order valence-corrected chi connectivity index (χ4v) is 11.9. The first-order valence-electron chi connectivity index (χ1n) is 26.0. The lowest BCUT2D eigenvalue weighted by Crippen LogP contribution is -2.04. The van der Waals surface area contributed by atoms with Gasteiger partial charge in [0.25, 0.3) is 0 Å². The van der Waals surface area contributed by atoms with Gasteiger partial charge in [-0.1, -0.05) is 158 Å². The van der Waals surface area contributed by atoms with Crippen LogP contribution in [-0.2, 0) is 0 Å². The molecular formula is C70H40N6O2. The van der Waals surface area contributed by atoms with Crippen molar-refractivity contribution in [3.8, 4) is 73.9 Å². The highest BCUT2D eigenvalue weighted by Crippen LogP contribution is 2.47. The summed E-state index contributed by atoms with van der Waals surface area (Å²) < 4.78 is 18.4. The fourth-order valence-electron chi connectivity index (χ4n) is 11.9. The van der Waals surface area contributed by atoms with Gasteiger partial charge in [0.05, 0.1) is 55.8 Å². The number of para-hydroxylation sites is 4. The van der Waals surface area contributed by atoms with Crippen LogP contribution in [-0.4, -0.2) is 24.1 Å². The number of hydrogen-bond acceptors (Lipinski definition) is 6. The molecular weight excluding hydrogens is 957 g/mol. The maximum absolute atomic E-state index is 9.85. The molecule has 0 saturated heterocycles. The zero-order chi connectivity index (χ0) is 51.4. The summed E-state index contributed by atoms with van der Waals surface area (Å²) in [6.07, 6.45) is 0. The molecule has 5 aromatic heterocycles. The van der Waals surface area contributed by atoms with Gasteiger partial charge in [-0.25, -0.2) is 15.0 Å².